The van der Waals surface area contributed by atoms with Crippen molar-refractivity contribution in [3.05, 3.63) is 35.9 Å². The summed E-state index contributed by atoms with van der Waals surface area (Å²) in [7, 11) is 0. The predicted molar refractivity (Wildman–Crippen MR) is 76.8 cm³/mol. The maximum absolute atomic E-state index is 11.9. The largest absolute Gasteiger partial charge is 0.394 e. The number of hydrogen-bond donors (Lipinski definition) is 3. The van der Waals surface area contributed by atoms with E-state index in [1.807, 2.05) is 51.1 Å². The maximum Gasteiger partial charge on any atom is 0.236 e. The Labute approximate surface area is 115 Å². The van der Waals surface area contributed by atoms with Gasteiger partial charge in [0.05, 0.1) is 18.2 Å². The van der Waals surface area contributed by atoms with Gasteiger partial charge in [0.15, 0.2) is 0 Å². The average Bonchev–Trinajstić information content (AvgIpc) is 2.45. The van der Waals surface area contributed by atoms with E-state index in [4.69, 9.17) is 0 Å². The van der Waals surface area contributed by atoms with Gasteiger partial charge in [-0.1, -0.05) is 37.3 Å². The van der Waals surface area contributed by atoms with Gasteiger partial charge >= 0.3 is 0 Å². The molecule has 1 amide bonds. The molecule has 0 bridgehead atoms. The van der Waals surface area contributed by atoms with Crippen LogP contribution in [0.1, 0.15) is 32.8 Å². The van der Waals surface area contributed by atoms with Gasteiger partial charge in [-0.3, -0.25) is 10.1 Å². The molecule has 0 aromatic heterocycles. The van der Waals surface area contributed by atoms with Crippen molar-refractivity contribution in [3.8, 4) is 0 Å². The predicted octanol–water partition coefficient (Wildman–Crippen LogP) is 1.40. The quantitative estimate of drug-likeness (QED) is 0.697. The molecule has 0 aliphatic rings. The van der Waals surface area contributed by atoms with Gasteiger partial charge in [0.2, 0.25) is 5.91 Å². The Hall–Kier alpha value is -1.39. The summed E-state index contributed by atoms with van der Waals surface area (Å²) >= 11 is 0. The van der Waals surface area contributed by atoms with Crippen LogP contribution in [0.4, 0.5) is 0 Å². The van der Waals surface area contributed by atoms with Gasteiger partial charge in [-0.05, 0) is 25.8 Å². The van der Waals surface area contributed by atoms with Gasteiger partial charge < -0.3 is 10.4 Å². The summed E-state index contributed by atoms with van der Waals surface area (Å²) in [6.45, 7) is 6.32. The molecule has 0 aliphatic carbocycles. The van der Waals surface area contributed by atoms with Crippen molar-refractivity contribution in [1.29, 1.82) is 0 Å². The van der Waals surface area contributed by atoms with Crippen molar-refractivity contribution in [2.45, 2.75) is 38.8 Å². The minimum Gasteiger partial charge on any atom is -0.394 e. The zero-order chi connectivity index (χ0) is 14.3. The summed E-state index contributed by atoms with van der Waals surface area (Å²) in [4.78, 5) is 11.9. The van der Waals surface area contributed by atoms with Crippen molar-refractivity contribution in [2.24, 2.45) is 0 Å². The van der Waals surface area contributed by atoms with Crippen LogP contribution in [-0.4, -0.2) is 30.2 Å². The van der Waals surface area contributed by atoms with Gasteiger partial charge in [0.1, 0.15) is 0 Å². The van der Waals surface area contributed by atoms with Gasteiger partial charge in [-0.15, -0.1) is 0 Å². The number of carbonyl (C=O) groups excluding carboxylic acids is 1. The van der Waals surface area contributed by atoms with Crippen LogP contribution in [-0.2, 0) is 10.3 Å². The molecular weight excluding hydrogens is 240 g/mol. The Morgan fingerprint density at radius 2 is 2.00 bits per heavy atom. The SMILES string of the molecule is CCCNC(=O)C(C)NC(C)(CO)c1ccccc1. The Morgan fingerprint density at radius 1 is 1.37 bits per heavy atom. The molecule has 0 fully saturated rings. The van der Waals surface area contributed by atoms with E-state index in [-0.39, 0.29) is 18.6 Å². The summed E-state index contributed by atoms with van der Waals surface area (Å²) in [6, 6.07) is 9.31. The lowest BCUT2D eigenvalue weighted by atomic mass is 9.92. The minimum atomic E-state index is -0.621. The van der Waals surface area contributed by atoms with Gasteiger partial charge in [-0.2, -0.15) is 0 Å². The molecular formula is C15H24N2O2. The highest BCUT2D eigenvalue weighted by Crippen LogP contribution is 2.20. The molecule has 4 nitrogen and oxygen atoms in total. The second-order valence-electron chi connectivity index (χ2n) is 5.01. The molecule has 0 heterocycles. The number of aliphatic hydroxyl groups excluding tert-OH is 1. The molecule has 1 aromatic carbocycles. The van der Waals surface area contributed by atoms with Crippen LogP contribution in [0.15, 0.2) is 30.3 Å². The molecule has 2 atom stereocenters. The molecule has 2 unspecified atom stereocenters. The third-order valence-electron chi connectivity index (χ3n) is 3.20. The molecule has 0 spiro atoms. The molecule has 1 rings (SSSR count). The summed E-state index contributed by atoms with van der Waals surface area (Å²) in [5, 5.41) is 15.7. The van der Waals surface area contributed by atoms with E-state index in [2.05, 4.69) is 10.6 Å². The van der Waals surface area contributed by atoms with E-state index in [1.54, 1.807) is 0 Å². The molecule has 19 heavy (non-hydrogen) atoms. The third kappa shape index (κ3) is 4.33. The Kier molecular flexibility index (Phi) is 5.99. The zero-order valence-corrected chi connectivity index (χ0v) is 11.9. The number of amides is 1. The van der Waals surface area contributed by atoms with E-state index in [9.17, 15) is 9.90 Å². The molecule has 0 saturated heterocycles. The van der Waals surface area contributed by atoms with Crippen LogP contribution in [0.25, 0.3) is 0 Å². The first-order valence-electron chi connectivity index (χ1n) is 6.75. The lowest BCUT2D eigenvalue weighted by Crippen LogP contribution is -2.53. The van der Waals surface area contributed by atoms with Crippen molar-refractivity contribution in [2.75, 3.05) is 13.2 Å². The second-order valence-corrected chi connectivity index (χ2v) is 5.01. The highest BCUT2D eigenvalue weighted by atomic mass is 16.3. The number of carbonyl (C=O) groups is 1. The van der Waals surface area contributed by atoms with E-state index in [1.165, 1.54) is 0 Å². The topological polar surface area (TPSA) is 61.4 Å². The van der Waals surface area contributed by atoms with Crippen molar-refractivity contribution >= 4 is 5.91 Å². The Balaban J connectivity index is 2.73. The standard InChI is InChI=1S/C15H24N2O2/c1-4-10-16-14(19)12(2)17-15(3,11-18)13-8-6-5-7-9-13/h5-9,12,17-18H,4,10-11H2,1-3H3,(H,16,19). The molecule has 0 aliphatic heterocycles. The highest BCUT2D eigenvalue weighted by molar-refractivity contribution is 5.81. The van der Waals surface area contributed by atoms with E-state index in [0.29, 0.717) is 6.54 Å². The third-order valence-corrected chi connectivity index (χ3v) is 3.20. The molecule has 106 valence electrons. The first-order chi connectivity index (χ1) is 9.03. The van der Waals surface area contributed by atoms with Crippen LogP contribution in [0, 0.1) is 0 Å². The van der Waals surface area contributed by atoms with Gasteiger partial charge in [0.25, 0.3) is 0 Å². The normalized spacial score (nSPS) is 15.6. The van der Waals surface area contributed by atoms with Crippen molar-refractivity contribution in [1.82, 2.24) is 10.6 Å². The monoisotopic (exact) mass is 264 g/mol. The van der Waals surface area contributed by atoms with Crippen LogP contribution in [0.5, 0.6) is 0 Å². The smallest absolute Gasteiger partial charge is 0.236 e. The number of aliphatic hydroxyl groups is 1. The second kappa shape index (κ2) is 7.26. The van der Waals surface area contributed by atoms with E-state index >= 15 is 0 Å². The lowest BCUT2D eigenvalue weighted by Gasteiger charge is -2.32. The van der Waals surface area contributed by atoms with Crippen LogP contribution in [0.2, 0.25) is 0 Å². The fourth-order valence-corrected chi connectivity index (χ4v) is 1.97. The van der Waals surface area contributed by atoms with Gasteiger partial charge in [0, 0.05) is 6.54 Å². The van der Waals surface area contributed by atoms with Gasteiger partial charge in [-0.25, -0.2) is 0 Å². The number of hydrogen-bond acceptors (Lipinski definition) is 3. The number of rotatable bonds is 7. The number of nitrogens with one attached hydrogen (secondary N) is 2. The molecule has 0 radical (unpaired) electrons. The van der Waals surface area contributed by atoms with Crippen LogP contribution in [0.3, 0.4) is 0 Å². The lowest BCUT2D eigenvalue weighted by molar-refractivity contribution is -0.123. The first kappa shape index (κ1) is 15.7. The van der Waals surface area contributed by atoms with Crippen molar-refractivity contribution in [3.63, 3.8) is 0 Å². The summed E-state index contributed by atoms with van der Waals surface area (Å²) in [6.07, 6.45) is 0.911. The Bertz CT molecular complexity index is 394. The zero-order valence-electron chi connectivity index (χ0n) is 11.9. The molecule has 0 saturated carbocycles. The minimum absolute atomic E-state index is 0.0440. The Morgan fingerprint density at radius 3 is 2.53 bits per heavy atom. The maximum atomic E-state index is 11.9. The summed E-state index contributed by atoms with van der Waals surface area (Å²) in [5.41, 5.74) is 0.345. The highest BCUT2D eigenvalue weighted by Gasteiger charge is 2.29. The fourth-order valence-electron chi connectivity index (χ4n) is 1.97. The van der Waals surface area contributed by atoms with E-state index in [0.717, 1.165) is 12.0 Å². The van der Waals surface area contributed by atoms with Crippen molar-refractivity contribution < 1.29 is 9.90 Å². The summed E-state index contributed by atoms with van der Waals surface area (Å²) in [5.74, 6) is -0.0440. The number of benzene rings is 1. The fraction of sp³-hybridized carbons (Fsp3) is 0.533. The summed E-state index contributed by atoms with van der Waals surface area (Å²) < 4.78 is 0. The molecule has 3 N–H and O–H groups in total. The van der Waals surface area contributed by atoms with E-state index < -0.39 is 5.54 Å². The van der Waals surface area contributed by atoms with Crippen LogP contribution < -0.4 is 10.6 Å². The van der Waals surface area contributed by atoms with Crippen LogP contribution >= 0.6 is 0 Å². The average molecular weight is 264 g/mol. The first-order valence-corrected chi connectivity index (χ1v) is 6.75. The molecule has 4 heteroatoms. The molecule has 1 aromatic rings.